The molecular weight excluding hydrogens is 348 g/mol. The fourth-order valence-electron chi connectivity index (χ4n) is 3.64. The van der Waals surface area contributed by atoms with E-state index in [9.17, 15) is 4.79 Å². The summed E-state index contributed by atoms with van der Waals surface area (Å²) >= 11 is 5.97. The highest BCUT2D eigenvalue weighted by Crippen LogP contribution is 2.26. The largest absolute Gasteiger partial charge is 0.371 e. The van der Waals surface area contributed by atoms with E-state index in [1.807, 2.05) is 55.5 Å². The minimum absolute atomic E-state index is 0.0297. The van der Waals surface area contributed by atoms with Gasteiger partial charge in [-0.1, -0.05) is 41.9 Å². The number of aromatic nitrogens is 1. The second-order valence-corrected chi connectivity index (χ2v) is 7.18. The SMILES string of the molecule is Cc1[nH]c2ccccc2c1C(=O)CN1CCO[C@@H](c2ccc(Cl)cc2)C1. The van der Waals surface area contributed by atoms with Gasteiger partial charge in [0.25, 0.3) is 0 Å². The number of ketones is 1. The summed E-state index contributed by atoms with van der Waals surface area (Å²) in [5.41, 5.74) is 3.83. The monoisotopic (exact) mass is 368 g/mol. The molecule has 1 saturated heterocycles. The topological polar surface area (TPSA) is 45.3 Å². The number of aryl methyl sites for hydroxylation is 1. The molecule has 1 aliphatic rings. The highest BCUT2D eigenvalue weighted by atomic mass is 35.5. The lowest BCUT2D eigenvalue weighted by Crippen LogP contribution is -2.41. The molecule has 1 fully saturated rings. The van der Waals surface area contributed by atoms with Crippen LogP contribution in [0.15, 0.2) is 48.5 Å². The molecule has 1 aliphatic heterocycles. The number of fused-ring (bicyclic) bond motifs is 1. The molecule has 134 valence electrons. The van der Waals surface area contributed by atoms with Crippen molar-refractivity contribution in [3.05, 3.63) is 70.4 Å². The third-order valence-corrected chi connectivity index (χ3v) is 5.18. The van der Waals surface area contributed by atoms with Gasteiger partial charge < -0.3 is 9.72 Å². The first-order chi connectivity index (χ1) is 12.6. The van der Waals surface area contributed by atoms with Crippen LogP contribution in [0, 0.1) is 6.92 Å². The average Bonchev–Trinajstić information content (AvgIpc) is 2.98. The molecule has 1 atom stereocenters. The Balaban J connectivity index is 1.50. The van der Waals surface area contributed by atoms with Crippen molar-refractivity contribution in [3.63, 3.8) is 0 Å². The number of Topliss-reactive ketones (excluding diaryl/α,β-unsaturated/α-hetero) is 1. The molecule has 3 aromatic rings. The number of morpholine rings is 1. The number of halogens is 1. The molecule has 26 heavy (non-hydrogen) atoms. The standard InChI is InChI=1S/C21H21ClN2O2/c1-14-21(17-4-2-3-5-18(17)23-14)19(25)12-24-10-11-26-20(13-24)15-6-8-16(22)9-7-15/h2-9,20,23H,10-13H2,1H3/t20-/m1/s1. The molecule has 0 unspecified atom stereocenters. The number of hydrogen-bond donors (Lipinski definition) is 1. The van der Waals surface area contributed by atoms with Crippen molar-refractivity contribution in [3.8, 4) is 0 Å². The molecule has 0 spiro atoms. The van der Waals surface area contributed by atoms with Crippen LogP contribution in [0.2, 0.25) is 5.02 Å². The highest BCUT2D eigenvalue weighted by molar-refractivity contribution is 6.30. The predicted octanol–water partition coefficient (Wildman–Crippen LogP) is 4.39. The molecule has 5 heteroatoms. The number of rotatable bonds is 4. The summed E-state index contributed by atoms with van der Waals surface area (Å²) in [6, 6.07) is 15.7. The van der Waals surface area contributed by atoms with E-state index < -0.39 is 0 Å². The van der Waals surface area contributed by atoms with Gasteiger partial charge in [0.2, 0.25) is 0 Å². The van der Waals surface area contributed by atoms with Gasteiger partial charge in [0.1, 0.15) is 0 Å². The first-order valence-electron chi connectivity index (χ1n) is 8.82. The van der Waals surface area contributed by atoms with E-state index in [1.54, 1.807) is 0 Å². The Bertz CT molecular complexity index is 933. The van der Waals surface area contributed by atoms with Crippen LogP contribution in [0.25, 0.3) is 10.9 Å². The molecule has 0 aliphatic carbocycles. The smallest absolute Gasteiger partial charge is 0.179 e. The summed E-state index contributed by atoms with van der Waals surface area (Å²) in [5, 5.41) is 1.71. The number of H-pyrrole nitrogens is 1. The number of benzene rings is 2. The van der Waals surface area contributed by atoms with Crippen LogP contribution in [-0.4, -0.2) is 41.9 Å². The van der Waals surface area contributed by atoms with Gasteiger partial charge in [-0.05, 0) is 30.7 Å². The zero-order valence-electron chi connectivity index (χ0n) is 14.7. The second-order valence-electron chi connectivity index (χ2n) is 6.74. The van der Waals surface area contributed by atoms with E-state index in [-0.39, 0.29) is 11.9 Å². The van der Waals surface area contributed by atoms with Gasteiger partial charge in [0, 0.05) is 40.3 Å². The summed E-state index contributed by atoms with van der Waals surface area (Å²) < 4.78 is 5.90. The van der Waals surface area contributed by atoms with E-state index in [1.165, 1.54) is 0 Å². The van der Waals surface area contributed by atoms with Crippen molar-refractivity contribution >= 4 is 28.3 Å². The van der Waals surface area contributed by atoms with Crippen LogP contribution in [0.4, 0.5) is 0 Å². The Morgan fingerprint density at radius 2 is 2.00 bits per heavy atom. The predicted molar refractivity (Wildman–Crippen MR) is 104 cm³/mol. The van der Waals surface area contributed by atoms with E-state index in [0.717, 1.165) is 34.3 Å². The molecule has 4 rings (SSSR count). The number of nitrogens with zero attached hydrogens (tertiary/aromatic N) is 1. The first kappa shape index (κ1) is 17.3. The quantitative estimate of drug-likeness (QED) is 0.695. The molecule has 1 N–H and O–H groups in total. The van der Waals surface area contributed by atoms with Crippen molar-refractivity contribution in [2.24, 2.45) is 0 Å². The third kappa shape index (κ3) is 3.40. The van der Waals surface area contributed by atoms with Gasteiger partial charge in [-0.2, -0.15) is 0 Å². The van der Waals surface area contributed by atoms with Crippen molar-refractivity contribution in [2.45, 2.75) is 13.0 Å². The minimum Gasteiger partial charge on any atom is -0.371 e. The summed E-state index contributed by atoms with van der Waals surface area (Å²) in [5.74, 6) is 0.150. The number of carbonyl (C=O) groups is 1. The van der Waals surface area contributed by atoms with Gasteiger partial charge in [0.05, 0.1) is 19.3 Å². The van der Waals surface area contributed by atoms with E-state index in [4.69, 9.17) is 16.3 Å². The number of hydrogen-bond acceptors (Lipinski definition) is 3. The van der Waals surface area contributed by atoms with Gasteiger partial charge in [-0.15, -0.1) is 0 Å². The van der Waals surface area contributed by atoms with Gasteiger partial charge in [-0.25, -0.2) is 0 Å². The van der Waals surface area contributed by atoms with Crippen molar-refractivity contribution in [1.82, 2.24) is 9.88 Å². The van der Waals surface area contributed by atoms with Gasteiger partial charge in [-0.3, -0.25) is 9.69 Å². The van der Waals surface area contributed by atoms with E-state index >= 15 is 0 Å². The molecule has 0 radical (unpaired) electrons. The second kappa shape index (κ2) is 7.23. The van der Waals surface area contributed by atoms with Crippen LogP contribution in [0.1, 0.15) is 27.7 Å². The number of ether oxygens (including phenoxy) is 1. The average molecular weight is 369 g/mol. The van der Waals surface area contributed by atoms with Crippen LogP contribution in [-0.2, 0) is 4.74 Å². The van der Waals surface area contributed by atoms with Crippen LogP contribution < -0.4 is 0 Å². The molecule has 1 aromatic heterocycles. The maximum absolute atomic E-state index is 13.0. The summed E-state index contributed by atoms with van der Waals surface area (Å²) in [6.45, 7) is 4.44. The summed E-state index contributed by atoms with van der Waals surface area (Å²) in [4.78, 5) is 18.5. The number of aromatic amines is 1. The van der Waals surface area contributed by atoms with Crippen LogP contribution in [0.5, 0.6) is 0 Å². The van der Waals surface area contributed by atoms with Gasteiger partial charge in [0.15, 0.2) is 5.78 Å². The number of carbonyl (C=O) groups excluding carboxylic acids is 1. The molecule has 4 nitrogen and oxygen atoms in total. The Morgan fingerprint density at radius 1 is 1.23 bits per heavy atom. The normalized spacial score (nSPS) is 18.3. The Morgan fingerprint density at radius 3 is 2.81 bits per heavy atom. The lowest BCUT2D eigenvalue weighted by atomic mass is 10.0. The Kier molecular flexibility index (Phi) is 4.81. The zero-order chi connectivity index (χ0) is 18.1. The van der Waals surface area contributed by atoms with Crippen LogP contribution >= 0.6 is 11.6 Å². The molecule has 0 amide bonds. The maximum Gasteiger partial charge on any atom is 0.179 e. The molecular formula is C21H21ClN2O2. The van der Waals surface area contributed by atoms with Crippen molar-refractivity contribution < 1.29 is 9.53 Å². The first-order valence-corrected chi connectivity index (χ1v) is 9.19. The Hall–Kier alpha value is -2.14. The Labute approximate surface area is 157 Å². The third-order valence-electron chi connectivity index (χ3n) is 4.93. The lowest BCUT2D eigenvalue weighted by molar-refractivity contribution is -0.0274. The molecule has 2 heterocycles. The fourth-order valence-corrected chi connectivity index (χ4v) is 3.77. The lowest BCUT2D eigenvalue weighted by Gasteiger charge is -2.32. The molecule has 0 saturated carbocycles. The number of nitrogens with one attached hydrogen (secondary N) is 1. The summed E-state index contributed by atoms with van der Waals surface area (Å²) in [6.07, 6.45) is -0.0297. The zero-order valence-corrected chi connectivity index (χ0v) is 15.4. The van der Waals surface area contributed by atoms with Crippen molar-refractivity contribution in [1.29, 1.82) is 0 Å². The van der Waals surface area contributed by atoms with E-state index in [2.05, 4.69) is 9.88 Å². The minimum atomic E-state index is -0.0297. The summed E-state index contributed by atoms with van der Waals surface area (Å²) in [7, 11) is 0. The van der Waals surface area contributed by atoms with E-state index in [0.29, 0.717) is 24.7 Å². The molecule has 0 bridgehead atoms. The van der Waals surface area contributed by atoms with Crippen molar-refractivity contribution in [2.75, 3.05) is 26.2 Å². The van der Waals surface area contributed by atoms with Crippen LogP contribution in [0.3, 0.4) is 0 Å². The molecule has 2 aromatic carbocycles. The van der Waals surface area contributed by atoms with Gasteiger partial charge >= 0.3 is 0 Å². The maximum atomic E-state index is 13.0. The highest BCUT2D eigenvalue weighted by Gasteiger charge is 2.25. The fraction of sp³-hybridized carbons (Fsp3) is 0.286. The number of para-hydroxylation sites is 1.